The van der Waals surface area contributed by atoms with Crippen LogP contribution < -0.4 is 20.5 Å². The second-order valence-corrected chi connectivity index (χ2v) is 7.28. The van der Waals surface area contributed by atoms with E-state index >= 15 is 0 Å². The van der Waals surface area contributed by atoms with Gasteiger partial charge in [0.2, 0.25) is 5.95 Å². The Hall–Kier alpha value is -2.59. The van der Waals surface area contributed by atoms with E-state index in [4.69, 9.17) is 0 Å². The number of piperazine rings is 1. The van der Waals surface area contributed by atoms with Gasteiger partial charge >= 0.3 is 6.36 Å². The summed E-state index contributed by atoms with van der Waals surface area (Å²) in [6.45, 7) is 3.24. The molecule has 1 N–H and O–H groups in total. The van der Waals surface area contributed by atoms with E-state index in [1.807, 2.05) is 11.4 Å². The molecular weight excluding hydrogens is 393 g/mol. The molecule has 0 amide bonds. The summed E-state index contributed by atoms with van der Waals surface area (Å²) in [6.07, 6.45) is -4.73. The zero-order chi connectivity index (χ0) is 19.7. The molecule has 1 aromatic carbocycles. The number of ether oxygens (including phenoxy) is 1. The highest BCUT2D eigenvalue weighted by Crippen LogP contribution is 2.24. The van der Waals surface area contributed by atoms with Crippen molar-refractivity contribution in [1.82, 2.24) is 14.9 Å². The fourth-order valence-corrected chi connectivity index (χ4v) is 3.94. The summed E-state index contributed by atoms with van der Waals surface area (Å²) in [5.74, 6) is 0.283. The van der Waals surface area contributed by atoms with Crippen molar-refractivity contribution in [3.8, 4) is 5.75 Å². The molecule has 28 heavy (non-hydrogen) atoms. The van der Waals surface area contributed by atoms with Crippen LogP contribution in [0.15, 0.2) is 40.5 Å². The summed E-state index contributed by atoms with van der Waals surface area (Å²) >= 11 is 1.33. The largest absolute Gasteiger partial charge is 0.573 e. The van der Waals surface area contributed by atoms with Gasteiger partial charge in [0, 0.05) is 26.2 Å². The maximum absolute atomic E-state index is 13.0. The average Bonchev–Trinajstić information content (AvgIpc) is 3.14. The van der Waals surface area contributed by atoms with Gasteiger partial charge in [0.1, 0.15) is 10.4 Å². The zero-order valence-corrected chi connectivity index (χ0v) is 15.5. The van der Waals surface area contributed by atoms with E-state index in [2.05, 4.69) is 19.9 Å². The topological polar surface area (TPSA) is 59.4 Å². The minimum absolute atomic E-state index is 0.149. The third-order valence-electron chi connectivity index (χ3n) is 4.44. The Morgan fingerprint density at radius 2 is 1.86 bits per heavy atom. The highest BCUT2D eigenvalue weighted by molar-refractivity contribution is 7.17. The molecule has 1 aliphatic heterocycles. The molecule has 1 aliphatic rings. The monoisotopic (exact) mass is 410 g/mol. The Morgan fingerprint density at radius 1 is 1.14 bits per heavy atom. The van der Waals surface area contributed by atoms with Crippen molar-refractivity contribution < 1.29 is 17.9 Å². The van der Waals surface area contributed by atoms with Crippen LogP contribution in [0.3, 0.4) is 0 Å². The van der Waals surface area contributed by atoms with E-state index in [0.717, 1.165) is 26.2 Å². The van der Waals surface area contributed by atoms with E-state index in [-0.39, 0.29) is 17.9 Å². The van der Waals surface area contributed by atoms with Gasteiger partial charge in [-0.3, -0.25) is 9.36 Å². The van der Waals surface area contributed by atoms with E-state index in [9.17, 15) is 18.0 Å². The lowest BCUT2D eigenvalue weighted by Gasteiger charge is -2.30. The second kappa shape index (κ2) is 7.44. The first-order chi connectivity index (χ1) is 13.4. The molecule has 4 rings (SSSR count). The van der Waals surface area contributed by atoms with Gasteiger partial charge < -0.3 is 15.0 Å². The second-order valence-electron chi connectivity index (χ2n) is 6.37. The van der Waals surface area contributed by atoms with Gasteiger partial charge in [-0.25, -0.2) is 4.98 Å². The fraction of sp³-hybridized carbons (Fsp3) is 0.333. The number of nitrogens with one attached hydrogen (secondary N) is 1. The van der Waals surface area contributed by atoms with E-state index in [0.29, 0.717) is 21.7 Å². The number of hydrogen-bond acceptors (Lipinski definition) is 6. The van der Waals surface area contributed by atoms with Crippen molar-refractivity contribution >= 4 is 27.5 Å². The molecule has 6 nitrogen and oxygen atoms in total. The molecule has 3 aromatic rings. The summed E-state index contributed by atoms with van der Waals surface area (Å²) in [7, 11) is 0. The van der Waals surface area contributed by atoms with Gasteiger partial charge in [-0.15, -0.1) is 24.5 Å². The van der Waals surface area contributed by atoms with Crippen LogP contribution in [0.1, 0.15) is 5.56 Å². The van der Waals surface area contributed by atoms with Crippen LogP contribution in [0.4, 0.5) is 19.1 Å². The maximum atomic E-state index is 13.0. The normalized spacial score (nSPS) is 15.2. The van der Waals surface area contributed by atoms with Crippen molar-refractivity contribution in [3.63, 3.8) is 0 Å². The molecular formula is C18H17F3N4O2S. The number of nitrogens with zero attached hydrogens (tertiary/aromatic N) is 3. The van der Waals surface area contributed by atoms with Crippen molar-refractivity contribution in [2.45, 2.75) is 12.9 Å². The first-order valence-electron chi connectivity index (χ1n) is 8.69. The van der Waals surface area contributed by atoms with Gasteiger partial charge in [0.15, 0.2) is 0 Å². The molecule has 0 bridgehead atoms. The third-order valence-corrected chi connectivity index (χ3v) is 5.33. The van der Waals surface area contributed by atoms with Crippen LogP contribution in [0.2, 0.25) is 0 Å². The molecule has 0 atom stereocenters. The van der Waals surface area contributed by atoms with E-state index in [1.54, 1.807) is 4.57 Å². The summed E-state index contributed by atoms with van der Waals surface area (Å²) in [6, 6.07) is 7.35. The lowest BCUT2D eigenvalue weighted by atomic mass is 10.2. The SMILES string of the molecule is O=c1c2sccc2nc(N2CCNCC2)n1Cc1ccc(OC(F)(F)F)cc1. The molecule has 3 heterocycles. The van der Waals surface area contributed by atoms with Crippen molar-refractivity contribution in [2.24, 2.45) is 0 Å². The lowest BCUT2D eigenvalue weighted by Crippen LogP contribution is -2.46. The number of hydrogen-bond donors (Lipinski definition) is 1. The van der Waals surface area contributed by atoms with Crippen LogP contribution >= 0.6 is 11.3 Å². The zero-order valence-electron chi connectivity index (χ0n) is 14.7. The van der Waals surface area contributed by atoms with Crippen LogP contribution in [-0.4, -0.2) is 42.1 Å². The Kier molecular flexibility index (Phi) is 4.98. The van der Waals surface area contributed by atoms with E-state index in [1.165, 1.54) is 35.6 Å². The highest BCUT2D eigenvalue weighted by Gasteiger charge is 2.31. The van der Waals surface area contributed by atoms with Crippen molar-refractivity contribution in [1.29, 1.82) is 0 Å². The minimum atomic E-state index is -4.73. The molecule has 1 fully saturated rings. The lowest BCUT2D eigenvalue weighted by molar-refractivity contribution is -0.274. The smallest absolute Gasteiger partial charge is 0.406 e. The number of benzene rings is 1. The van der Waals surface area contributed by atoms with Crippen LogP contribution in [0.25, 0.3) is 10.2 Å². The van der Waals surface area contributed by atoms with Crippen LogP contribution in [0.5, 0.6) is 5.75 Å². The predicted molar refractivity (Wildman–Crippen MR) is 101 cm³/mol. The van der Waals surface area contributed by atoms with E-state index < -0.39 is 6.36 Å². The molecule has 148 valence electrons. The molecule has 10 heteroatoms. The van der Waals surface area contributed by atoms with Crippen molar-refractivity contribution in [2.75, 3.05) is 31.1 Å². The van der Waals surface area contributed by atoms with Gasteiger partial charge in [-0.1, -0.05) is 12.1 Å². The molecule has 1 saturated heterocycles. The molecule has 0 radical (unpaired) electrons. The first-order valence-corrected chi connectivity index (χ1v) is 9.57. The molecule has 0 spiro atoms. The quantitative estimate of drug-likeness (QED) is 0.717. The van der Waals surface area contributed by atoms with Crippen LogP contribution in [0, 0.1) is 0 Å². The maximum Gasteiger partial charge on any atom is 0.573 e. The average molecular weight is 410 g/mol. The summed E-state index contributed by atoms with van der Waals surface area (Å²) in [4.78, 5) is 19.8. The Morgan fingerprint density at radius 3 is 2.54 bits per heavy atom. The molecule has 0 aliphatic carbocycles. The number of thiophene rings is 1. The summed E-state index contributed by atoms with van der Waals surface area (Å²) in [5.41, 5.74) is 1.20. The fourth-order valence-electron chi connectivity index (χ4n) is 3.16. The number of fused-ring (bicyclic) bond motifs is 1. The molecule has 0 saturated carbocycles. The number of anilines is 1. The standard InChI is InChI=1S/C18H17F3N4O2S/c19-18(20,21)27-13-3-1-12(2-4-13)11-25-16(26)15-14(5-10-28-15)23-17(25)24-8-6-22-7-9-24/h1-5,10,22H,6-9,11H2. The number of alkyl halides is 3. The van der Waals surface area contributed by atoms with Gasteiger partial charge in [-0.2, -0.15) is 0 Å². The van der Waals surface area contributed by atoms with Gasteiger partial charge in [0.05, 0.1) is 12.1 Å². The predicted octanol–water partition coefficient (Wildman–Crippen LogP) is 2.81. The van der Waals surface area contributed by atoms with Gasteiger partial charge in [-0.05, 0) is 29.1 Å². The Bertz CT molecular complexity index is 1020. The highest BCUT2D eigenvalue weighted by atomic mass is 32.1. The molecule has 2 aromatic heterocycles. The van der Waals surface area contributed by atoms with Crippen LogP contribution in [-0.2, 0) is 6.54 Å². The Labute approximate surface area is 162 Å². The summed E-state index contributed by atoms with van der Waals surface area (Å²) < 4.78 is 43.1. The third kappa shape index (κ3) is 3.97. The summed E-state index contributed by atoms with van der Waals surface area (Å²) in [5, 5.41) is 5.09. The van der Waals surface area contributed by atoms with Gasteiger partial charge in [0.25, 0.3) is 5.56 Å². The number of rotatable bonds is 4. The minimum Gasteiger partial charge on any atom is -0.406 e. The number of halogens is 3. The van der Waals surface area contributed by atoms with Crippen molar-refractivity contribution in [3.05, 3.63) is 51.6 Å². The first kappa shape index (κ1) is 18.8. The number of aromatic nitrogens is 2. The molecule has 0 unspecified atom stereocenters. The Balaban J connectivity index is 1.69.